The molecule has 0 radical (unpaired) electrons. The van der Waals surface area contributed by atoms with Gasteiger partial charge in [0.1, 0.15) is 5.75 Å². The van der Waals surface area contributed by atoms with Gasteiger partial charge in [-0.15, -0.1) is 0 Å². The fourth-order valence-corrected chi connectivity index (χ4v) is 2.93. The lowest BCUT2D eigenvalue weighted by Gasteiger charge is -2.34. The van der Waals surface area contributed by atoms with Crippen LogP contribution in [-0.2, 0) is 4.79 Å². The molecule has 2 rings (SSSR count). The van der Waals surface area contributed by atoms with Crippen LogP contribution in [0, 0.1) is 11.8 Å². The van der Waals surface area contributed by atoms with Crippen molar-refractivity contribution >= 4 is 17.5 Å². The minimum Gasteiger partial charge on any atom is -0.482 e. The maximum Gasteiger partial charge on any atom is 0.258 e. The van der Waals surface area contributed by atoms with E-state index in [1.807, 2.05) is 12.1 Å². The molecule has 0 bridgehead atoms. The van der Waals surface area contributed by atoms with Gasteiger partial charge in [0.15, 0.2) is 6.61 Å². The first kappa shape index (κ1) is 15.2. The molecule has 1 aromatic rings. The SMILES string of the molecule is CC1CCCC(NC(=O)COc2ccccc2Cl)C1C. The molecule has 0 saturated heterocycles. The summed E-state index contributed by atoms with van der Waals surface area (Å²) < 4.78 is 5.46. The Kier molecular flexibility index (Phi) is 5.30. The minimum absolute atomic E-state index is 0.0152. The predicted molar refractivity (Wildman–Crippen MR) is 81.1 cm³/mol. The normalized spacial score (nSPS) is 26.1. The molecule has 20 heavy (non-hydrogen) atoms. The van der Waals surface area contributed by atoms with Crippen molar-refractivity contribution < 1.29 is 9.53 Å². The van der Waals surface area contributed by atoms with E-state index in [0.717, 1.165) is 6.42 Å². The second-order valence-electron chi connectivity index (χ2n) is 5.66. The number of nitrogens with one attached hydrogen (secondary N) is 1. The maximum atomic E-state index is 12.0. The van der Waals surface area contributed by atoms with Gasteiger partial charge in [0.25, 0.3) is 5.91 Å². The average Bonchev–Trinajstić information content (AvgIpc) is 2.43. The molecule has 0 aliphatic heterocycles. The van der Waals surface area contributed by atoms with Crippen LogP contribution in [0.5, 0.6) is 5.75 Å². The van der Waals surface area contributed by atoms with Crippen molar-refractivity contribution in [2.45, 2.75) is 39.2 Å². The van der Waals surface area contributed by atoms with Crippen molar-refractivity contribution in [1.82, 2.24) is 5.32 Å². The highest BCUT2D eigenvalue weighted by atomic mass is 35.5. The van der Waals surface area contributed by atoms with Crippen LogP contribution in [0.1, 0.15) is 33.1 Å². The molecule has 3 nitrogen and oxygen atoms in total. The van der Waals surface area contributed by atoms with Crippen LogP contribution in [0.25, 0.3) is 0 Å². The fraction of sp³-hybridized carbons (Fsp3) is 0.562. The van der Waals surface area contributed by atoms with Crippen LogP contribution in [0.4, 0.5) is 0 Å². The first-order valence-electron chi connectivity index (χ1n) is 7.24. The van der Waals surface area contributed by atoms with Gasteiger partial charge in [0.2, 0.25) is 0 Å². The first-order valence-corrected chi connectivity index (χ1v) is 7.62. The quantitative estimate of drug-likeness (QED) is 0.920. The summed E-state index contributed by atoms with van der Waals surface area (Å²) >= 11 is 5.99. The molecular formula is C16H22ClNO2. The Hall–Kier alpha value is -1.22. The highest BCUT2D eigenvalue weighted by Crippen LogP contribution is 2.29. The van der Waals surface area contributed by atoms with Crippen LogP contribution < -0.4 is 10.1 Å². The second-order valence-corrected chi connectivity index (χ2v) is 6.07. The molecule has 110 valence electrons. The smallest absolute Gasteiger partial charge is 0.258 e. The van der Waals surface area contributed by atoms with Gasteiger partial charge in [0.05, 0.1) is 5.02 Å². The summed E-state index contributed by atoms with van der Waals surface area (Å²) in [5.41, 5.74) is 0. The number of hydrogen-bond donors (Lipinski definition) is 1. The van der Waals surface area contributed by atoms with Gasteiger partial charge in [-0.1, -0.05) is 50.4 Å². The lowest BCUT2D eigenvalue weighted by atomic mass is 9.78. The van der Waals surface area contributed by atoms with E-state index in [-0.39, 0.29) is 18.6 Å². The summed E-state index contributed by atoms with van der Waals surface area (Å²) in [4.78, 5) is 12.0. The molecule has 0 heterocycles. The second kappa shape index (κ2) is 6.98. The molecule has 4 heteroatoms. The van der Waals surface area contributed by atoms with E-state index in [4.69, 9.17) is 16.3 Å². The number of hydrogen-bond acceptors (Lipinski definition) is 2. The third-order valence-corrected chi connectivity index (χ3v) is 4.56. The molecule has 0 aromatic heterocycles. The van der Waals surface area contributed by atoms with E-state index in [0.29, 0.717) is 22.6 Å². The Balaban J connectivity index is 1.82. The van der Waals surface area contributed by atoms with Crippen LogP contribution in [0.15, 0.2) is 24.3 Å². The van der Waals surface area contributed by atoms with Gasteiger partial charge in [-0.3, -0.25) is 4.79 Å². The third-order valence-electron chi connectivity index (χ3n) is 4.25. The Bertz CT molecular complexity index is 464. The zero-order chi connectivity index (χ0) is 14.5. The minimum atomic E-state index is -0.0733. The largest absolute Gasteiger partial charge is 0.482 e. The summed E-state index contributed by atoms with van der Waals surface area (Å²) in [7, 11) is 0. The molecule has 1 fully saturated rings. The average molecular weight is 296 g/mol. The molecule has 3 atom stereocenters. The van der Waals surface area contributed by atoms with E-state index in [1.54, 1.807) is 12.1 Å². The van der Waals surface area contributed by atoms with E-state index >= 15 is 0 Å². The lowest BCUT2D eigenvalue weighted by molar-refractivity contribution is -0.124. The molecule has 0 spiro atoms. The van der Waals surface area contributed by atoms with Gasteiger partial charge in [-0.25, -0.2) is 0 Å². The number of para-hydroxylation sites is 1. The molecule has 1 saturated carbocycles. The first-order chi connectivity index (χ1) is 9.58. The fourth-order valence-electron chi connectivity index (χ4n) is 2.74. The zero-order valence-electron chi connectivity index (χ0n) is 12.1. The number of benzene rings is 1. The van der Waals surface area contributed by atoms with Crippen molar-refractivity contribution in [1.29, 1.82) is 0 Å². The molecular weight excluding hydrogens is 274 g/mol. The number of rotatable bonds is 4. The number of ether oxygens (including phenoxy) is 1. The van der Waals surface area contributed by atoms with Crippen molar-refractivity contribution in [2.24, 2.45) is 11.8 Å². The zero-order valence-corrected chi connectivity index (χ0v) is 12.8. The van der Waals surface area contributed by atoms with Crippen LogP contribution in [-0.4, -0.2) is 18.6 Å². The lowest BCUT2D eigenvalue weighted by Crippen LogP contribution is -2.45. The number of halogens is 1. The monoisotopic (exact) mass is 295 g/mol. The molecule has 3 unspecified atom stereocenters. The summed E-state index contributed by atoms with van der Waals surface area (Å²) in [6.45, 7) is 4.48. The Morgan fingerprint density at radius 2 is 2.10 bits per heavy atom. The summed E-state index contributed by atoms with van der Waals surface area (Å²) in [6.07, 6.45) is 3.49. The van der Waals surface area contributed by atoms with Crippen molar-refractivity contribution in [2.75, 3.05) is 6.61 Å². The van der Waals surface area contributed by atoms with Gasteiger partial charge >= 0.3 is 0 Å². The molecule has 1 aliphatic rings. The van der Waals surface area contributed by atoms with Gasteiger partial charge in [-0.05, 0) is 30.4 Å². The Labute approximate surface area is 125 Å². The Morgan fingerprint density at radius 1 is 1.35 bits per heavy atom. The Morgan fingerprint density at radius 3 is 2.85 bits per heavy atom. The predicted octanol–water partition coefficient (Wildman–Crippen LogP) is 3.66. The summed E-state index contributed by atoms with van der Waals surface area (Å²) in [6, 6.07) is 7.45. The third kappa shape index (κ3) is 3.89. The standard InChI is InChI=1S/C16H22ClNO2/c1-11-6-5-8-14(12(11)2)18-16(19)10-20-15-9-4-3-7-13(15)17/h3-4,7,9,11-12,14H,5-6,8,10H2,1-2H3,(H,18,19). The van der Waals surface area contributed by atoms with Crippen molar-refractivity contribution in [3.05, 3.63) is 29.3 Å². The van der Waals surface area contributed by atoms with Crippen LogP contribution in [0.3, 0.4) is 0 Å². The van der Waals surface area contributed by atoms with E-state index in [9.17, 15) is 4.79 Å². The number of carbonyl (C=O) groups is 1. The van der Waals surface area contributed by atoms with E-state index in [1.165, 1.54) is 12.8 Å². The van der Waals surface area contributed by atoms with Gasteiger partial charge in [-0.2, -0.15) is 0 Å². The summed E-state index contributed by atoms with van der Waals surface area (Å²) in [5, 5.41) is 3.61. The molecule has 1 aromatic carbocycles. The van der Waals surface area contributed by atoms with Crippen molar-refractivity contribution in [3.8, 4) is 5.75 Å². The summed E-state index contributed by atoms with van der Waals surface area (Å²) in [5.74, 6) is 1.66. The van der Waals surface area contributed by atoms with Crippen LogP contribution in [0.2, 0.25) is 5.02 Å². The van der Waals surface area contributed by atoms with Crippen LogP contribution >= 0.6 is 11.6 Å². The highest BCUT2D eigenvalue weighted by molar-refractivity contribution is 6.32. The van der Waals surface area contributed by atoms with Gasteiger partial charge < -0.3 is 10.1 Å². The molecule has 1 aliphatic carbocycles. The van der Waals surface area contributed by atoms with Crippen molar-refractivity contribution in [3.63, 3.8) is 0 Å². The molecule has 1 N–H and O–H groups in total. The highest BCUT2D eigenvalue weighted by Gasteiger charge is 2.28. The topological polar surface area (TPSA) is 38.3 Å². The van der Waals surface area contributed by atoms with Gasteiger partial charge in [0, 0.05) is 6.04 Å². The van der Waals surface area contributed by atoms with E-state index in [2.05, 4.69) is 19.2 Å². The molecule has 1 amide bonds. The van der Waals surface area contributed by atoms with E-state index < -0.39 is 0 Å². The number of carbonyl (C=O) groups excluding carboxylic acids is 1. The maximum absolute atomic E-state index is 12.0. The number of amides is 1.